The second-order valence-corrected chi connectivity index (χ2v) is 3.34. The van der Waals surface area contributed by atoms with Crippen molar-refractivity contribution in [2.45, 2.75) is 18.8 Å². The molecule has 1 heterocycles. The minimum absolute atomic E-state index is 0.366. The molecule has 1 aliphatic carbocycles. The molecule has 2 N–H and O–H groups in total. The molecule has 0 radical (unpaired) electrons. The van der Waals surface area contributed by atoms with Crippen molar-refractivity contribution < 1.29 is 0 Å². The van der Waals surface area contributed by atoms with Gasteiger partial charge in [0.2, 0.25) is 0 Å². The summed E-state index contributed by atoms with van der Waals surface area (Å²) >= 11 is 0. The molecule has 1 aromatic heterocycles. The van der Waals surface area contributed by atoms with E-state index in [0.717, 1.165) is 11.7 Å². The molecule has 1 fully saturated rings. The van der Waals surface area contributed by atoms with Crippen LogP contribution in [0.1, 0.15) is 24.6 Å². The molecule has 0 aliphatic heterocycles. The second-order valence-electron chi connectivity index (χ2n) is 3.34. The van der Waals surface area contributed by atoms with Crippen molar-refractivity contribution in [3.05, 3.63) is 5.82 Å². The van der Waals surface area contributed by atoms with Crippen molar-refractivity contribution in [2.75, 3.05) is 6.54 Å². The van der Waals surface area contributed by atoms with Crippen LogP contribution in [0.15, 0.2) is 0 Å². The zero-order valence-corrected chi connectivity index (χ0v) is 7.14. The molecule has 2 rings (SSSR count). The van der Waals surface area contributed by atoms with E-state index in [4.69, 9.17) is 5.73 Å². The Morgan fingerprint density at radius 1 is 1.67 bits per heavy atom. The molecule has 1 saturated carbocycles. The fourth-order valence-electron chi connectivity index (χ4n) is 1.56. The van der Waals surface area contributed by atoms with Gasteiger partial charge in [0, 0.05) is 19.5 Å². The lowest BCUT2D eigenvalue weighted by molar-refractivity contribution is 0.541. The molecule has 5 heteroatoms. The van der Waals surface area contributed by atoms with Crippen molar-refractivity contribution in [3.8, 4) is 0 Å². The first kappa shape index (κ1) is 7.67. The van der Waals surface area contributed by atoms with Crippen LogP contribution >= 0.6 is 0 Å². The average Bonchev–Trinajstić information content (AvgIpc) is 2.80. The Hall–Kier alpha value is -0.970. The minimum Gasteiger partial charge on any atom is -0.330 e. The van der Waals surface area contributed by atoms with E-state index in [-0.39, 0.29) is 0 Å². The third-order valence-electron chi connectivity index (χ3n) is 2.43. The smallest absolute Gasteiger partial charge is 0.155 e. The van der Waals surface area contributed by atoms with Gasteiger partial charge in [-0.25, -0.2) is 4.68 Å². The number of hydrogen-bond acceptors (Lipinski definition) is 4. The molecular formula is C7H13N5. The molecule has 0 spiro atoms. The van der Waals surface area contributed by atoms with Crippen molar-refractivity contribution >= 4 is 0 Å². The first-order valence-electron chi connectivity index (χ1n) is 4.25. The van der Waals surface area contributed by atoms with Gasteiger partial charge in [-0.05, 0) is 29.2 Å². The van der Waals surface area contributed by atoms with Gasteiger partial charge in [0.1, 0.15) is 0 Å². The van der Waals surface area contributed by atoms with Crippen LogP contribution in [0.5, 0.6) is 0 Å². The molecule has 1 aromatic rings. The highest BCUT2D eigenvalue weighted by Gasteiger charge is 2.34. The molecule has 0 amide bonds. The Morgan fingerprint density at radius 2 is 2.42 bits per heavy atom. The topological polar surface area (TPSA) is 69.6 Å². The van der Waals surface area contributed by atoms with Gasteiger partial charge in [-0.15, -0.1) is 5.10 Å². The second kappa shape index (κ2) is 2.82. The molecule has 12 heavy (non-hydrogen) atoms. The number of aromatic nitrogens is 4. The maximum Gasteiger partial charge on any atom is 0.155 e. The van der Waals surface area contributed by atoms with E-state index in [9.17, 15) is 0 Å². The summed E-state index contributed by atoms with van der Waals surface area (Å²) in [6, 6.07) is 0. The van der Waals surface area contributed by atoms with Crippen molar-refractivity contribution in [2.24, 2.45) is 18.7 Å². The predicted octanol–water partition coefficient (Wildman–Crippen LogP) is -0.338. The third kappa shape index (κ3) is 1.20. The summed E-state index contributed by atoms with van der Waals surface area (Å²) in [4.78, 5) is 0. The maximum atomic E-state index is 5.66. The van der Waals surface area contributed by atoms with E-state index < -0.39 is 0 Å². The van der Waals surface area contributed by atoms with Gasteiger partial charge >= 0.3 is 0 Å². The molecular weight excluding hydrogens is 154 g/mol. The molecule has 66 valence electrons. The lowest BCUT2D eigenvalue weighted by Gasteiger charge is -2.10. The molecule has 1 unspecified atom stereocenters. The number of nitrogens with two attached hydrogens (primary N) is 1. The van der Waals surface area contributed by atoms with Gasteiger partial charge in [0.25, 0.3) is 0 Å². The normalized spacial score (nSPS) is 19.5. The molecule has 0 saturated heterocycles. The van der Waals surface area contributed by atoms with E-state index in [2.05, 4.69) is 15.5 Å². The zero-order valence-electron chi connectivity index (χ0n) is 7.14. The van der Waals surface area contributed by atoms with Gasteiger partial charge in [-0.2, -0.15) is 0 Å². The Bertz CT molecular complexity index is 265. The third-order valence-corrected chi connectivity index (χ3v) is 2.43. The quantitative estimate of drug-likeness (QED) is 0.668. The Morgan fingerprint density at radius 3 is 2.83 bits per heavy atom. The summed E-state index contributed by atoms with van der Waals surface area (Å²) in [5.41, 5.74) is 5.66. The maximum absolute atomic E-state index is 5.66. The summed E-state index contributed by atoms with van der Waals surface area (Å²) in [7, 11) is 1.86. The van der Waals surface area contributed by atoms with Crippen LogP contribution in [0.25, 0.3) is 0 Å². The van der Waals surface area contributed by atoms with Crippen LogP contribution < -0.4 is 5.73 Å². The van der Waals surface area contributed by atoms with Crippen molar-refractivity contribution in [1.82, 2.24) is 20.2 Å². The highest BCUT2D eigenvalue weighted by atomic mass is 15.5. The number of aryl methyl sites for hydroxylation is 1. The lowest BCUT2D eigenvalue weighted by Crippen LogP contribution is -2.18. The molecule has 1 aliphatic rings. The van der Waals surface area contributed by atoms with Crippen LogP contribution in [0, 0.1) is 5.92 Å². The van der Waals surface area contributed by atoms with Crippen LogP contribution in [0.3, 0.4) is 0 Å². The Balaban J connectivity index is 2.20. The van der Waals surface area contributed by atoms with E-state index in [0.29, 0.717) is 12.5 Å². The Kier molecular flexibility index (Phi) is 1.80. The fraction of sp³-hybridized carbons (Fsp3) is 0.857. The van der Waals surface area contributed by atoms with Gasteiger partial charge in [-0.1, -0.05) is 0 Å². The average molecular weight is 167 g/mol. The predicted molar refractivity (Wildman–Crippen MR) is 43.3 cm³/mol. The van der Waals surface area contributed by atoms with Gasteiger partial charge in [0.05, 0.1) is 0 Å². The number of rotatable bonds is 3. The summed E-state index contributed by atoms with van der Waals surface area (Å²) < 4.78 is 1.72. The minimum atomic E-state index is 0.366. The highest BCUT2D eigenvalue weighted by Crippen LogP contribution is 2.40. The number of nitrogens with zero attached hydrogens (tertiary/aromatic N) is 4. The van der Waals surface area contributed by atoms with E-state index in [1.165, 1.54) is 12.8 Å². The number of hydrogen-bond donors (Lipinski definition) is 1. The van der Waals surface area contributed by atoms with Gasteiger partial charge < -0.3 is 5.73 Å². The number of tetrazole rings is 1. The van der Waals surface area contributed by atoms with Crippen LogP contribution in [-0.4, -0.2) is 26.8 Å². The largest absolute Gasteiger partial charge is 0.330 e. The van der Waals surface area contributed by atoms with Crippen LogP contribution in [-0.2, 0) is 7.05 Å². The van der Waals surface area contributed by atoms with Crippen LogP contribution in [0.2, 0.25) is 0 Å². The summed E-state index contributed by atoms with van der Waals surface area (Å²) in [6.07, 6.45) is 2.55. The molecule has 5 nitrogen and oxygen atoms in total. The molecule has 0 aromatic carbocycles. The summed E-state index contributed by atoms with van der Waals surface area (Å²) in [5.74, 6) is 2.02. The van der Waals surface area contributed by atoms with E-state index >= 15 is 0 Å². The first-order valence-corrected chi connectivity index (χ1v) is 4.25. The summed E-state index contributed by atoms with van der Waals surface area (Å²) in [6.45, 7) is 0.652. The van der Waals surface area contributed by atoms with Gasteiger partial charge in [0.15, 0.2) is 5.82 Å². The zero-order chi connectivity index (χ0) is 8.55. The van der Waals surface area contributed by atoms with Crippen molar-refractivity contribution in [1.29, 1.82) is 0 Å². The van der Waals surface area contributed by atoms with E-state index in [1.807, 2.05) is 7.05 Å². The summed E-state index contributed by atoms with van der Waals surface area (Å²) in [5, 5.41) is 11.4. The monoisotopic (exact) mass is 167 g/mol. The van der Waals surface area contributed by atoms with E-state index in [1.54, 1.807) is 4.68 Å². The highest BCUT2D eigenvalue weighted by molar-refractivity contribution is 5.01. The first-order chi connectivity index (χ1) is 5.83. The Labute approximate surface area is 70.9 Å². The molecule has 0 bridgehead atoms. The lowest BCUT2D eigenvalue weighted by atomic mass is 10.0. The van der Waals surface area contributed by atoms with Crippen molar-refractivity contribution in [3.63, 3.8) is 0 Å². The van der Waals surface area contributed by atoms with Crippen LogP contribution in [0.4, 0.5) is 0 Å². The fourth-order valence-corrected chi connectivity index (χ4v) is 1.56. The SMILES string of the molecule is Cn1nnnc1C(CN)C1CC1. The van der Waals surface area contributed by atoms with Gasteiger partial charge in [-0.3, -0.25) is 0 Å². The molecule has 1 atom stereocenters. The standard InChI is InChI=1S/C7H13N5/c1-12-7(9-10-11-12)6(4-8)5-2-3-5/h5-6H,2-4,8H2,1H3.